The summed E-state index contributed by atoms with van der Waals surface area (Å²) >= 11 is 0. The zero-order valence-corrected chi connectivity index (χ0v) is 11.7. The number of carbonyl (C=O) groups is 1. The van der Waals surface area contributed by atoms with E-state index in [4.69, 9.17) is 0 Å². The highest BCUT2D eigenvalue weighted by Gasteiger charge is 2.29. The Bertz CT molecular complexity index is 598. The molecule has 0 aromatic heterocycles. The van der Waals surface area contributed by atoms with E-state index in [-0.39, 0.29) is 12.5 Å². The predicted molar refractivity (Wildman–Crippen MR) is 73.4 cm³/mol. The topological polar surface area (TPSA) is 87.3 Å². The van der Waals surface area contributed by atoms with Crippen LogP contribution in [-0.4, -0.2) is 33.7 Å². The summed E-state index contributed by atoms with van der Waals surface area (Å²) in [7, 11) is -3.19. The van der Waals surface area contributed by atoms with Gasteiger partial charge in [0.25, 0.3) is 0 Å². The molecule has 0 spiro atoms. The van der Waals surface area contributed by atoms with Crippen LogP contribution in [0.4, 0.5) is 5.69 Å². The second-order valence-electron chi connectivity index (χ2n) is 4.63. The quantitative estimate of drug-likeness (QED) is 0.670. The fourth-order valence-corrected chi connectivity index (χ4v) is 2.51. The van der Waals surface area contributed by atoms with Gasteiger partial charge in [0.2, 0.25) is 15.9 Å². The van der Waals surface area contributed by atoms with E-state index in [1.54, 1.807) is 0 Å². The van der Waals surface area contributed by atoms with Gasteiger partial charge in [-0.15, -0.1) is 0 Å². The summed E-state index contributed by atoms with van der Waals surface area (Å²) in [6.45, 7) is 2.60. The maximum absolute atomic E-state index is 11.8. The van der Waals surface area contributed by atoms with Crippen molar-refractivity contribution in [1.29, 1.82) is 0 Å². The monoisotopic (exact) mass is 283 g/mol. The maximum atomic E-state index is 11.8. The third kappa shape index (κ3) is 3.52. The highest BCUT2D eigenvalue weighted by molar-refractivity contribution is 7.88. The molecule has 2 rings (SSSR count). The van der Waals surface area contributed by atoms with Crippen molar-refractivity contribution in [2.24, 2.45) is 0 Å². The molecule has 1 heterocycles. The molecular formula is C12H17N3O3S. The lowest BCUT2D eigenvalue weighted by molar-refractivity contribution is -0.117. The van der Waals surface area contributed by atoms with Crippen LogP contribution in [0.15, 0.2) is 18.2 Å². The number of benzene rings is 1. The number of nitrogens with one attached hydrogen (secondary N) is 3. The van der Waals surface area contributed by atoms with Crippen LogP contribution in [-0.2, 0) is 14.8 Å². The molecule has 104 valence electrons. The van der Waals surface area contributed by atoms with Crippen molar-refractivity contribution in [2.45, 2.75) is 13.0 Å². The van der Waals surface area contributed by atoms with Gasteiger partial charge in [0.15, 0.2) is 0 Å². The fourth-order valence-electron chi connectivity index (χ4n) is 2.04. The lowest BCUT2D eigenvalue weighted by atomic mass is 10.1. The van der Waals surface area contributed by atoms with Crippen molar-refractivity contribution in [2.75, 3.05) is 24.7 Å². The van der Waals surface area contributed by atoms with E-state index >= 15 is 0 Å². The van der Waals surface area contributed by atoms with Crippen molar-refractivity contribution < 1.29 is 13.2 Å². The van der Waals surface area contributed by atoms with Crippen LogP contribution in [0.3, 0.4) is 0 Å². The molecule has 1 aromatic rings. The summed E-state index contributed by atoms with van der Waals surface area (Å²) in [6, 6.07) is 5.34. The third-order valence-corrected chi connectivity index (χ3v) is 3.60. The Balaban J connectivity index is 1.98. The first-order chi connectivity index (χ1) is 8.87. The van der Waals surface area contributed by atoms with Crippen LogP contribution in [0.5, 0.6) is 0 Å². The molecule has 0 aliphatic carbocycles. The van der Waals surface area contributed by atoms with Gasteiger partial charge in [-0.2, -0.15) is 0 Å². The van der Waals surface area contributed by atoms with Gasteiger partial charge >= 0.3 is 0 Å². The normalized spacial score (nSPS) is 18.2. The Kier molecular flexibility index (Phi) is 3.88. The minimum absolute atomic E-state index is 0.111. The molecule has 0 saturated carbocycles. The number of rotatable bonds is 5. The van der Waals surface area contributed by atoms with Crippen LogP contribution >= 0.6 is 0 Å². The molecule has 6 nitrogen and oxygen atoms in total. The van der Waals surface area contributed by atoms with E-state index in [9.17, 15) is 13.2 Å². The van der Waals surface area contributed by atoms with Gasteiger partial charge in [0.05, 0.1) is 6.26 Å². The summed E-state index contributed by atoms with van der Waals surface area (Å²) < 4.78 is 24.2. The number of carbonyl (C=O) groups excluding carboxylic acids is 1. The van der Waals surface area contributed by atoms with Crippen LogP contribution in [0.1, 0.15) is 17.2 Å². The highest BCUT2D eigenvalue weighted by Crippen LogP contribution is 2.31. The van der Waals surface area contributed by atoms with Gasteiger partial charge in [-0.25, -0.2) is 13.1 Å². The zero-order valence-electron chi connectivity index (χ0n) is 10.9. The number of fused-ring (bicyclic) bond motifs is 1. The molecule has 1 aliphatic heterocycles. The van der Waals surface area contributed by atoms with Crippen molar-refractivity contribution in [1.82, 2.24) is 10.0 Å². The Morgan fingerprint density at radius 3 is 2.74 bits per heavy atom. The molecule has 0 radical (unpaired) electrons. The first-order valence-corrected chi connectivity index (χ1v) is 7.85. The van der Waals surface area contributed by atoms with Crippen LogP contribution in [0.2, 0.25) is 0 Å². The lowest BCUT2D eigenvalue weighted by Crippen LogP contribution is -2.35. The Labute approximate surface area is 112 Å². The molecule has 7 heteroatoms. The largest absolute Gasteiger partial charge is 0.324 e. The molecule has 0 fully saturated rings. The van der Waals surface area contributed by atoms with Gasteiger partial charge in [0, 0.05) is 24.3 Å². The van der Waals surface area contributed by atoms with E-state index in [1.165, 1.54) is 0 Å². The highest BCUT2D eigenvalue weighted by atomic mass is 32.2. The molecule has 1 aromatic carbocycles. The third-order valence-electron chi connectivity index (χ3n) is 2.88. The standard InChI is InChI=1S/C12H17N3O3S/c1-8-3-4-10-9(7-8)11(12(16)15-10)13-5-6-14-19(2,17)18/h3-4,7,11,13-14H,5-6H2,1-2H3,(H,15,16). The number of aryl methyl sites for hydroxylation is 1. The lowest BCUT2D eigenvalue weighted by Gasteiger charge is -2.11. The van der Waals surface area contributed by atoms with Gasteiger partial charge in [-0.1, -0.05) is 17.7 Å². The van der Waals surface area contributed by atoms with Gasteiger partial charge in [-0.3, -0.25) is 4.79 Å². The van der Waals surface area contributed by atoms with E-state index < -0.39 is 16.1 Å². The first-order valence-electron chi connectivity index (χ1n) is 5.96. The summed E-state index contributed by atoms with van der Waals surface area (Å²) in [5.74, 6) is -0.111. The zero-order chi connectivity index (χ0) is 14.0. The molecule has 1 unspecified atom stereocenters. The summed E-state index contributed by atoms with van der Waals surface area (Å²) in [6.07, 6.45) is 1.11. The van der Waals surface area contributed by atoms with Crippen molar-refractivity contribution in [3.05, 3.63) is 29.3 Å². The van der Waals surface area contributed by atoms with E-state index in [0.29, 0.717) is 6.54 Å². The second-order valence-corrected chi connectivity index (χ2v) is 6.47. The molecule has 1 amide bonds. The van der Waals surface area contributed by atoms with Crippen molar-refractivity contribution in [3.63, 3.8) is 0 Å². The van der Waals surface area contributed by atoms with Gasteiger partial charge in [-0.05, 0) is 13.0 Å². The SMILES string of the molecule is Cc1ccc2c(c1)C(NCCNS(C)(=O)=O)C(=O)N2. The summed E-state index contributed by atoms with van der Waals surface area (Å²) in [4.78, 5) is 11.8. The number of anilines is 1. The summed E-state index contributed by atoms with van der Waals surface area (Å²) in [5.41, 5.74) is 2.80. The van der Waals surface area contributed by atoms with E-state index in [1.807, 2.05) is 25.1 Å². The average Bonchev–Trinajstić information content (AvgIpc) is 2.59. The van der Waals surface area contributed by atoms with Crippen molar-refractivity contribution >= 4 is 21.6 Å². The van der Waals surface area contributed by atoms with Crippen molar-refractivity contribution in [3.8, 4) is 0 Å². The minimum Gasteiger partial charge on any atom is -0.324 e. The van der Waals surface area contributed by atoms with Crippen LogP contribution < -0.4 is 15.4 Å². The minimum atomic E-state index is -3.19. The molecule has 1 atom stereocenters. The molecule has 1 aliphatic rings. The Morgan fingerprint density at radius 2 is 2.05 bits per heavy atom. The number of hydrogen-bond acceptors (Lipinski definition) is 4. The maximum Gasteiger partial charge on any atom is 0.246 e. The fraction of sp³-hybridized carbons (Fsp3) is 0.417. The average molecular weight is 283 g/mol. The van der Waals surface area contributed by atoms with Gasteiger partial charge in [0.1, 0.15) is 6.04 Å². The first kappa shape index (κ1) is 14.0. The molecule has 0 bridgehead atoms. The second kappa shape index (κ2) is 5.28. The van der Waals surface area contributed by atoms with Crippen LogP contribution in [0, 0.1) is 6.92 Å². The number of sulfonamides is 1. The smallest absolute Gasteiger partial charge is 0.246 e. The van der Waals surface area contributed by atoms with Crippen LogP contribution in [0.25, 0.3) is 0 Å². The summed E-state index contributed by atoms with van der Waals surface area (Å²) in [5, 5.41) is 5.84. The van der Waals surface area contributed by atoms with Gasteiger partial charge < -0.3 is 10.6 Å². The molecular weight excluding hydrogens is 266 g/mol. The molecule has 3 N–H and O–H groups in total. The predicted octanol–water partition coefficient (Wildman–Crippen LogP) is 0.127. The Morgan fingerprint density at radius 1 is 1.32 bits per heavy atom. The Hall–Kier alpha value is -1.44. The van der Waals surface area contributed by atoms with E-state index in [2.05, 4.69) is 15.4 Å². The number of amides is 1. The molecule has 19 heavy (non-hydrogen) atoms. The van der Waals surface area contributed by atoms with E-state index in [0.717, 1.165) is 23.1 Å². The molecule has 0 saturated heterocycles. The number of hydrogen-bond donors (Lipinski definition) is 3.